The molecule has 0 saturated carbocycles. The van der Waals surface area contributed by atoms with E-state index in [2.05, 4.69) is 10.6 Å². The molecule has 248 valence electrons. The van der Waals surface area contributed by atoms with Gasteiger partial charge in [-0.25, -0.2) is 4.79 Å². The van der Waals surface area contributed by atoms with Gasteiger partial charge in [0.05, 0.1) is 29.7 Å². The molecule has 12 heteroatoms. The molecule has 0 unspecified atom stereocenters. The van der Waals surface area contributed by atoms with E-state index in [0.29, 0.717) is 11.3 Å². The topological polar surface area (TPSA) is 133 Å². The summed E-state index contributed by atoms with van der Waals surface area (Å²) in [5.74, 6) is -2.30. The molecule has 0 aliphatic carbocycles. The van der Waals surface area contributed by atoms with Crippen LogP contribution in [0.5, 0.6) is 5.75 Å². The number of rotatable bonds is 8. The number of amides is 2. The average molecular weight is 676 g/mol. The van der Waals surface area contributed by atoms with Crippen LogP contribution in [0.15, 0.2) is 54.6 Å². The molecule has 0 spiro atoms. The average Bonchev–Trinajstić information content (AvgIpc) is 3.80. The number of ether oxygens (including phenoxy) is 4. The fraction of sp³-hybridized carbons (Fsp3) is 0.471. The summed E-state index contributed by atoms with van der Waals surface area (Å²) in [5.41, 5.74) is 1.60. The van der Waals surface area contributed by atoms with Crippen molar-refractivity contribution in [2.45, 2.75) is 76.9 Å². The van der Waals surface area contributed by atoms with Crippen molar-refractivity contribution in [1.29, 1.82) is 0 Å². The van der Waals surface area contributed by atoms with E-state index in [4.69, 9.17) is 42.1 Å². The lowest BCUT2D eigenvalue weighted by atomic mass is 9.93. The van der Waals surface area contributed by atoms with Crippen molar-refractivity contribution in [2.75, 3.05) is 13.7 Å². The van der Waals surface area contributed by atoms with Crippen LogP contribution in [0.4, 0.5) is 0 Å². The summed E-state index contributed by atoms with van der Waals surface area (Å²) < 4.78 is 22.7. The molecular formula is C34H40Cl2N2O8. The van der Waals surface area contributed by atoms with Crippen LogP contribution in [0.2, 0.25) is 10.0 Å². The van der Waals surface area contributed by atoms with E-state index in [0.717, 1.165) is 5.56 Å². The third kappa shape index (κ3) is 9.70. The summed E-state index contributed by atoms with van der Waals surface area (Å²) in [6, 6.07) is 11.9. The maximum absolute atomic E-state index is 13.4. The molecule has 0 radical (unpaired) electrons. The largest absolute Gasteiger partial charge is 0.494 e. The minimum Gasteiger partial charge on any atom is -0.494 e. The van der Waals surface area contributed by atoms with E-state index in [1.807, 2.05) is 51.1 Å². The van der Waals surface area contributed by atoms with Gasteiger partial charge in [0.2, 0.25) is 11.8 Å². The normalized spacial score (nSPS) is 25.9. The van der Waals surface area contributed by atoms with E-state index < -0.39 is 42.0 Å². The first kappa shape index (κ1) is 35.3. The Morgan fingerprint density at radius 1 is 1.00 bits per heavy atom. The second-order valence-corrected chi connectivity index (χ2v) is 12.7. The van der Waals surface area contributed by atoms with E-state index in [9.17, 15) is 19.2 Å². The Kier molecular flexibility index (Phi) is 12.5. The summed E-state index contributed by atoms with van der Waals surface area (Å²) in [5, 5.41) is 5.89. The molecule has 2 aromatic rings. The highest BCUT2D eigenvalue weighted by atomic mass is 35.5. The summed E-state index contributed by atoms with van der Waals surface area (Å²) in [4.78, 5) is 52.4. The van der Waals surface area contributed by atoms with E-state index in [1.165, 1.54) is 13.2 Å². The zero-order valence-electron chi connectivity index (χ0n) is 26.3. The van der Waals surface area contributed by atoms with Crippen molar-refractivity contribution in [3.63, 3.8) is 0 Å². The van der Waals surface area contributed by atoms with Gasteiger partial charge in [0.1, 0.15) is 18.2 Å². The van der Waals surface area contributed by atoms with Crippen LogP contribution >= 0.6 is 23.2 Å². The molecule has 2 aliphatic rings. The van der Waals surface area contributed by atoms with Crippen LogP contribution in [0.25, 0.3) is 0 Å². The fourth-order valence-corrected chi connectivity index (χ4v) is 6.08. The van der Waals surface area contributed by atoms with Gasteiger partial charge >= 0.3 is 11.9 Å². The van der Waals surface area contributed by atoms with Gasteiger partial charge < -0.3 is 29.6 Å². The van der Waals surface area contributed by atoms with E-state index >= 15 is 0 Å². The molecule has 6 atom stereocenters. The third-order valence-electron chi connectivity index (χ3n) is 7.85. The van der Waals surface area contributed by atoms with Crippen molar-refractivity contribution in [3.05, 3.63) is 75.8 Å². The second-order valence-electron chi connectivity index (χ2n) is 11.9. The highest BCUT2D eigenvalue weighted by Crippen LogP contribution is 2.45. The quantitative estimate of drug-likeness (QED) is 0.291. The third-order valence-corrected chi connectivity index (χ3v) is 8.41. The minimum atomic E-state index is -1.12. The minimum absolute atomic E-state index is 0.0325. The lowest BCUT2D eigenvalue weighted by Gasteiger charge is -2.26. The first-order chi connectivity index (χ1) is 22.0. The van der Waals surface area contributed by atoms with Crippen molar-refractivity contribution in [2.24, 2.45) is 11.8 Å². The van der Waals surface area contributed by atoms with Gasteiger partial charge in [-0.15, -0.1) is 0 Å². The number of carbonyl (C=O) groups is 4. The van der Waals surface area contributed by atoms with Crippen molar-refractivity contribution in [1.82, 2.24) is 10.6 Å². The smallest absolute Gasteiger partial charge is 0.347 e. The first-order valence-electron chi connectivity index (χ1n) is 15.3. The molecule has 2 aromatic carbocycles. The fourth-order valence-electron chi connectivity index (χ4n) is 5.39. The van der Waals surface area contributed by atoms with Gasteiger partial charge in [0.15, 0.2) is 11.9 Å². The van der Waals surface area contributed by atoms with Crippen molar-refractivity contribution >= 4 is 47.0 Å². The number of methoxy groups -OCH3 is 1. The van der Waals surface area contributed by atoms with Crippen LogP contribution in [0, 0.1) is 11.8 Å². The van der Waals surface area contributed by atoms with Crippen molar-refractivity contribution < 1.29 is 38.1 Å². The number of epoxide rings is 1. The van der Waals surface area contributed by atoms with Crippen LogP contribution in [0.1, 0.15) is 57.3 Å². The second kappa shape index (κ2) is 16.3. The molecule has 2 amide bonds. The summed E-state index contributed by atoms with van der Waals surface area (Å²) in [6.07, 6.45) is 1.05. The van der Waals surface area contributed by atoms with Crippen molar-refractivity contribution in [3.8, 4) is 5.75 Å². The van der Waals surface area contributed by atoms with Crippen LogP contribution in [-0.4, -0.2) is 61.8 Å². The van der Waals surface area contributed by atoms with Crippen LogP contribution in [-0.2, 0) is 39.8 Å². The van der Waals surface area contributed by atoms with Gasteiger partial charge in [-0.3, -0.25) is 14.4 Å². The monoisotopic (exact) mass is 674 g/mol. The van der Waals surface area contributed by atoms with Gasteiger partial charge in [-0.1, -0.05) is 80.4 Å². The summed E-state index contributed by atoms with van der Waals surface area (Å²) in [7, 11) is 1.44. The standard InChI is InChI=1S/C34H40Cl2N2O8/c1-19(2)15-27-34(42)45-26(20(3)30-31(46-30)22-9-6-5-7-10-22)11-8-12-28(39)38-25(33(41)37-14-13-29(40)44-27)18-21-16-23(35)32(43-4)24(36)17-21/h5-10,12,16-17,19-20,25-27,30-31H,11,13-15,18H2,1-4H3,(H,37,41)(H,38,39)/b12-8+/t20-,25+,26-,27-,30+,31+/m0/s1. The number of carbonyl (C=O) groups excluding carboxylic acids is 4. The summed E-state index contributed by atoms with van der Waals surface area (Å²) in [6.45, 7) is 5.67. The zero-order chi connectivity index (χ0) is 33.4. The number of cyclic esters (lactones) is 2. The van der Waals surface area contributed by atoms with E-state index in [1.54, 1.807) is 18.2 Å². The van der Waals surface area contributed by atoms with Gasteiger partial charge in [0, 0.05) is 25.3 Å². The molecule has 46 heavy (non-hydrogen) atoms. The first-order valence-corrected chi connectivity index (χ1v) is 16.1. The Bertz CT molecular complexity index is 1410. The molecule has 10 nitrogen and oxygen atoms in total. The summed E-state index contributed by atoms with van der Waals surface area (Å²) >= 11 is 12.6. The number of esters is 2. The molecule has 0 bridgehead atoms. The highest BCUT2D eigenvalue weighted by molar-refractivity contribution is 6.37. The Morgan fingerprint density at radius 3 is 2.35 bits per heavy atom. The Balaban J connectivity index is 1.56. The predicted octanol–water partition coefficient (Wildman–Crippen LogP) is 5.14. The molecule has 2 N–H and O–H groups in total. The Hall–Kier alpha value is -3.60. The Labute approximate surface area is 279 Å². The highest BCUT2D eigenvalue weighted by Gasteiger charge is 2.47. The number of nitrogens with one attached hydrogen (secondary N) is 2. The predicted molar refractivity (Wildman–Crippen MR) is 172 cm³/mol. The molecular weight excluding hydrogens is 635 g/mol. The van der Waals surface area contributed by atoms with Crippen LogP contribution < -0.4 is 15.4 Å². The van der Waals surface area contributed by atoms with Gasteiger partial charge in [-0.2, -0.15) is 0 Å². The maximum atomic E-state index is 13.4. The van der Waals surface area contributed by atoms with E-state index in [-0.39, 0.29) is 66.3 Å². The molecule has 2 heterocycles. The number of halogens is 2. The van der Waals surface area contributed by atoms with Crippen LogP contribution in [0.3, 0.4) is 0 Å². The lowest BCUT2D eigenvalue weighted by molar-refractivity contribution is -0.174. The van der Waals surface area contributed by atoms with Gasteiger partial charge in [0.25, 0.3) is 0 Å². The molecule has 4 rings (SSSR count). The molecule has 1 fully saturated rings. The molecule has 0 aromatic heterocycles. The van der Waals surface area contributed by atoms with Gasteiger partial charge in [-0.05, 0) is 41.7 Å². The molecule has 2 aliphatic heterocycles. The number of hydrogen-bond acceptors (Lipinski definition) is 8. The molecule has 1 saturated heterocycles. The maximum Gasteiger partial charge on any atom is 0.347 e. The lowest BCUT2D eigenvalue weighted by Crippen LogP contribution is -2.48. The zero-order valence-corrected chi connectivity index (χ0v) is 27.8. The number of hydrogen-bond donors (Lipinski definition) is 2. The Morgan fingerprint density at radius 2 is 1.70 bits per heavy atom. The number of benzene rings is 2. The SMILES string of the molecule is COc1c(Cl)cc(C[C@H]2NC(=O)/C=C/C[C@@H]([C@H](C)[C@H]3O[C@@H]3c3ccccc3)OC(=O)[C@H](CC(C)C)OC(=O)CCNC2=O)cc1Cl.